The second-order valence-corrected chi connectivity index (χ2v) is 5.61. The largest absolute Gasteiger partial charge is 0.508 e. The van der Waals surface area contributed by atoms with E-state index in [4.69, 9.17) is 4.74 Å². The molecule has 2 rings (SSSR count). The summed E-state index contributed by atoms with van der Waals surface area (Å²) < 4.78 is 18.1. The first-order valence-electron chi connectivity index (χ1n) is 7.52. The highest BCUT2D eigenvalue weighted by atomic mass is 19.1. The lowest BCUT2D eigenvalue weighted by Crippen LogP contribution is -2.31. The maximum atomic E-state index is 12.8. The predicted molar refractivity (Wildman–Crippen MR) is 87.2 cm³/mol. The molecule has 0 amide bonds. The Kier molecular flexibility index (Phi) is 5.96. The number of aryl methyl sites for hydroxylation is 2. The van der Waals surface area contributed by atoms with Gasteiger partial charge in [-0.2, -0.15) is 0 Å². The lowest BCUT2D eigenvalue weighted by molar-refractivity contribution is 0.106. The van der Waals surface area contributed by atoms with Gasteiger partial charge in [0.2, 0.25) is 0 Å². The third-order valence-electron chi connectivity index (χ3n) is 3.65. The van der Waals surface area contributed by atoms with Gasteiger partial charge >= 0.3 is 0 Å². The van der Waals surface area contributed by atoms with Crippen molar-refractivity contribution in [1.29, 1.82) is 0 Å². The van der Waals surface area contributed by atoms with Gasteiger partial charge < -0.3 is 20.3 Å². The minimum atomic E-state index is -0.700. The van der Waals surface area contributed by atoms with Crippen LogP contribution in [0.1, 0.15) is 16.7 Å². The molecule has 1 atom stereocenters. The maximum absolute atomic E-state index is 12.8. The zero-order valence-electron chi connectivity index (χ0n) is 13.3. The molecule has 0 aromatic heterocycles. The molecule has 23 heavy (non-hydrogen) atoms. The number of rotatable bonds is 7. The summed E-state index contributed by atoms with van der Waals surface area (Å²) in [6.07, 6.45) is -0.700. The van der Waals surface area contributed by atoms with Crippen molar-refractivity contribution in [3.63, 3.8) is 0 Å². The standard InChI is InChI=1S/C18H22FNO3/c1-12-7-14(18(22)8-13(12)2)9-20-10-16(21)11-23-17-5-3-15(19)4-6-17/h3-8,16,20-22H,9-11H2,1-2H3. The maximum Gasteiger partial charge on any atom is 0.123 e. The molecule has 1 unspecified atom stereocenters. The minimum Gasteiger partial charge on any atom is -0.508 e. The molecule has 0 radical (unpaired) electrons. The Bertz CT molecular complexity index is 643. The first-order valence-corrected chi connectivity index (χ1v) is 7.52. The molecule has 5 heteroatoms. The Hall–Kier alpha value is -2.11. The van der Waals surface area contributed by atoms with Gasteiger partial charge in [0.25, 0.3) is 0 Å². The number of halogens is 1. The van der Waals surface area contributed by atoms with Crippen molar-refractivity contribution in [3.05, 3.63) is 58.9 Å². The summed E-state index contributed by atoms with van der Waals surface area (Å²) in [6.45, 7) is 4.83. The number of nitrogens with one attached hydrogen (secondary N) is 1. The fourth-order valence-corrected chi connectivity index (χ4v) is 2.16. The summed E-state index contributed by atoms with van der Waals surface area (Å²) in [6, 6.07) is 9.32. The normalized spacial score (nSPS) is 12.2. The first-order chi connectivity index (χ1) is 11.0. The zero-order chi connectivity index (χ0) is 16.8. The van der Waals surface area contributed by atoms with Crippen LogP contribution in [0.4, 0.5) is 4.39 Å². The fraction of sp³-hybridized carbons (Fsp3) is 0.333. The lowest BCUT2D eigenvalue weighted by atomic mass is 10.1. The van der Waals surface area contributed by atoms with Gasteiger partial charge in [-0.15, -0.1) is 0 Å². The third kappa shape index (κ3) is 5.23. The summed E-state index contributed by atoms with van der Waals surface area (Å²) in [5, 5.41) is 22.9. The van der Waals surface area contributed by atoms with Crippen molar-refractivity contribution >= 4 is 0 Å². The highest BCUT2D eigenvalue weighted by molar-refractivity contribution is 5.40. The van der Waals surface area contributed by atoms with E-state index < -0.39 is 6.10 Å². The second-order valence-electron chi connectivity index (χ2n) is 5.61. The van der Waals surface area contributed by atoms with E-state index in [1.807, 2.05) is 19.9 Å². The number of benzene rings is 2. The quantitative estimate of drug-likeness (QED) is 0.734. The van der Waals surface area contributed by atoms with Crippen LogP contribution in [0.2, 0.25) is 0 Å². The van der Waals surface area contributed by atoms with Crippen molar-refractivity contribution in [1.82, 2.24) is 5.32 Å². The molecular formula is C18H22FNO3. The molecular weight excluding hydrogens is 297 g/mol. The average molecular weight is 319 g/mol. The average Bonchev–Trinajstić information content (AvgIpc) is 2.52. The molecule has 4 nitrogen and oxygen atoms in total. The van der Waals surface area contributed by atoms with Crippen molar-refractivity contribution in [2.24, 2.45) is 0 Å². The molecule has 3 N–H and O–H groups in total. The van der Waals surface area contributed by atoms with Crippen molar-refractivity contribution in [3.8, 4) is 11.5 Å². The van der Waals surface area contributed by atoms with Crippen LogP contribution >= 0.6 is 0 Å². The Morgan fingerprint density at radius 3 is 2.48 bits per heavy atom. The van der Waals surface area contributed by atoms with Gasteiger partial charge in [-0.05, 0) is 55.3 Å². The molecule has 0 aliphatic rings. The van der Waals surface area contributed by atoms with Gasteiger partial charge in [-0.3, -0.25) is 0 Å². The third-order valence-corrected chi connectivity index (χ3v) is 3.65. The molecule has 2 aromatic rings. The summed E-state index contributed by atoms with van der Waals surface area (Å²) in [4.78, 5) is 0. The summed E-state index contributed by atoms with van der Waals surface area (Å²) in [5.74, 6) is 0.433. The molecule has 0 saturated carbocycles. The molecule has 0 aliphatic carbocycles. The molecule has 0 aliphatic heterocycles. The Morgan fingerprint density at radius 2 is 1.78 bits per heavy atom. The fourth-order valence-electron chi connectivity index (χ4n) is 2.16. The minimum absolute atomic E-state index is 0.109. The lowest BCUT2D eigenvalue weighted by Gasteiger charge is -2.14. The van der Waals surface area contributed by atoms with Gasteiger partial charge in [0.15, 0.2) is 0 Å². The molecule has 0 bridgehead atoms. The monoisotopic (exact) mass is 319 g/mol. The molecule has 0 fully saturated rings. The van der Waals surface area contributed by atoms with Crippen LogP contribution in [0.15, 0.2) is 36.4 Å². The number of phenols is 1. The summed E-state index contributed by atoms with van der Waals surface area (Å²) in [7, 11) is 0. The number of ether oxygens (including phenoxy) is 1. The highest BCUT2D eigenvalue weighted by Crippen LogP contribution is 2.21. The van der Waals surface area contributed by atoms with E-state index in [1.165, 1.54) is 24.3 Å². The van der Waals surface area contributed by atoms with Crippen molar-refractivity contribution in [2.45, 2.75) is 26.5 Å². The van der Waals surface area contributed by atoms with Crippen LogP contribution in [0.3, 0.4) is 0 Å². The summed E-state index contributed by atoms with van der Waals surface area (Å²) in [5.41, 5.74) is 2.94. The molecule has 0 heterocycles. The van der Waals surface area contributed by atoms with Gasteiger partial charge in [-0.1, -0.05) is 6.07 Å². The van der Waals surface area contributed by atoms with Gasteiger partial charge in [0.1, 0.15) is 30.0 Å². The van der Waals surface area contributed by atoms with Crippen molar-refractivity contribution < 1.29 is 19.3 Å². The molecule has 0 saturated heterocycles. The van der Waals surface area contributed by atoms with Crippen LogP contribution in [0.5, 0.6) is 11.5 Å². The number of phenolic OH excluding ortho intramolecular Hbond substituents is 1. The van der Waals surface area contributed by atoms with Crippen LogP contribution in [-0.2, 0) is 6.54 Å². The second kappa shape index (κ2) is 7.94. The number of aliphatic hydroxyl groups excluding tert-OH is 1. The number of aromatic hydroxyl groups is 1. The van der Waals surface area contributed by atoms with Crippen LogP contribution in [0.25, 0.3) is 0 Å². The van der Waals surface area contributed by atoms with Crippen LogP contribution in [-0.4, -0.2) is 29.5 Å². The Labute approximate surface area is 135 Å². The topological polar surface area (TPSA) is 61.7 Å². The smallest absolute Gasteiger partial charge is 0.123 e. The van der Waals surface area contributed by atoms with Crippen LogP contribution in [0, 0.1) is 19.7 Å². The van der Waals surface area contributed by atoms with E-state index in [0.29, 0.717) is 18.8 Å². The van der Waals surface area contributed by atoms with E-state index in [2.05, 4.69) is 5.32 Å². The first kappa shape index (κ1) is 17.2. The number of hydrogen-bond donors (Lipinski definition) is 3. The molecule has 124 valence electrons. The highest BCUT2D eigenvalue weighted by Gasteiger charge is 2.08. The molecule has 0 spiro atoms. The van der Waals surface area contributed by atoms with Gasteiger partial charge in [0.05, 0.1) is 0 Å². The van der Waals surface area contributed by atoms with Gasteiger partial charge in [0, 0.05) is 18.7 Å². The Morgan fingerprint density at radius 1 is 1.13 bits per heavy atom. The number of aliphatic hydroxyl groups is 1. The van der Waals surface area contributed by atoms with Crippen molar-refractivity contribution in [2.75, 3.05) is 13.2 Å². The van der Waals surface area contributed by atoms with E-state index >= 15 is 0 Å². The zero-order valence-corrected chi connectivity index (χ0v) is 13.3. The SMILES string of the molecule is Cc1cc(O)c(CNCC(O)COc2ccc(F)cc2)cc1C. The Balaban J connectivity index is 1.75. The molecule has 2 aromatic carbocycles. The predicted octanol–water partition coefficient (Wildman–Crippen LogP) is 2.68. The van der Waals surface area contributed by atoms with E-state index in [-0.39, 0.29) is 18.2 Å². The van der Waals surface area contributed by atoms with E-state index in [0.717, 1.165) is 16.7 Å². The number of hydrogen-bond acceptors (Lipinski definition) is 4. The van der Waals surface area contributed by atoms with Gasteiger partial charge in [-0.25, -0.2) is 4.39 Å². The van der Waals surface area contributed by atoms with E-state index in [9.17, 15) is 14.6 Å². The van der Waals surface area contributed by atoms with E-state index in [1.54, 1.807) is 6.07 Å². The van der Waals surface area contributed by atoms with Crippen LogP contribution < -0.4 is 10.1 Å². The summed E-state index contributed by atoms with van der Waals surface area (Å²) >= 11 is 0.